The van der Waals surface area contributed by atoms with Crippen LogP contribution >= 0.6 is 11.6 Å². The van der Waals surface area contributed by atoms with Crippen LogP contribution in [-0.2, 0) is 17.9 Å². The highest BCUT2D eigenvalue weighted by atomic mass is 35.5. The van der Waals surface area contributed by atoms with Gasteiger partial charge >= 0.3 is 5.97 Å². The number of esters is 1. The van der Waals surface area contributed by atoms with Gasteiger partial charge in [-0.3, -0.25) is 0 Å². The zero-order chi connectivity index (χ0) is 21.5. The van der Waals surface area contributed by atoms with Gasteiger partial charge in [-0.05, 0) is 53.6 Å². The predicted octanol–water partition coefficient (Wildman–Crippen LogP) is 7.36. The highest BCUT2D eigenvalue weighted by Gasteiger charge is 2.15. The molecule has 0 saturated heterocycles. The van der Waals surface area contributed by atoms with Crippen molar-refractivity contribution in [2.75, 3.05) is 5.32 Å². The van der Waals surface area contributed by atoms with Crippen LogP contribution < -0.4 is 5.32 Å². The number of ether oxygens (including phenoxy) is 1. The van der Waals surface area contributed by atoms with E-state index in [0.717, 1.165) is 17.2 Å². The summed E-state index contributed by atoms with van der Waals surface area (Å²) in [6, 6.07) is 23.9. The first-order valence-electron chi connectivity index (χ1n) is 11.0. The van der Waals surface area contributed by atoms with Crippen molar-refractivity contribution in [3.63, 3.8) is 0 Å². The third-order valence-corrected chi connectivity index (χ3v) is 6.27. The fourth-order valence-electron chi connectivity index (χ4n) is 4.14. The molecule has 1 N–H and O–H groups in total. The molecule has 4 heteroatoms. The van der Waals surface area contributed by atoms with Gasteiger partial charge in [0, 0.05) is 12.2 Å². The second-order valence-electron chi connectivity index (χ2n) is 8.19. The molecule has 0 aromatic heterocycles. The minimum Gasteiger partial charge on any atom is -0.457 e. The average Bonchev–Trinajstić information content (AvgIpc) is 2.83. The molecule has 0 amide bonds. The van der Waals surface area contributed by atoms with Crippen molar-refractivity contribution < 1.29 is 9.53 Å². The molecule has 1 aliphatic rings. The molecule has 4 rings (SSSR count). The number of hydrogen-bond acceptors (Lipinski definition) is 3. The topological polar surface area (TPSA) is 38.3 Å². The molecule has 0 unspecified atom stereocenters. The summed E-state index contributed by atoms with van der Waals surface area (Å²) < 4.78 is 5.38. The van der Waals surface area contributed by atoms with Crippen molar-refractivity contribution in [2.24, 2.45) is 0 Å². The van der Waals surface area contributed by atoms with Crippen molar-refractivity contribution >= 4 is 23.3 Å². The van der Waals surface area contributed by atoms with E-state index in [9.17, 15) is 4.79 Å². The minimum absolute atomic E-state index is 0.229. The Hall–Kier alpha value is -2.78. The Morgan fingerprint density at radius 1 is 0.903 bits per heavy atom. The van der Waals surface area contributed by atoms with E-state index in [0.29, 0.717) is 17.1 Å². The van der Waals surface area contributed by atoms with Crippen molar-refractivity contribution in [3.05, 3.63) is 100 Å². The molecule has 1 fully saturated rings. The molecule has 3 aromatic carbocycles. The van der Waals surface area contributed by atoms with E-state index >= 15 is 0 Å². The molecule has 0 heterocycles. The molecule has 160 valence electrons. The maximum Gasteiger partial charge on any atom is 0.339 e. The lowest BCUT2D eigenvalue weighted by Gasteiger charge is -2.22. The zero-order valence-electron chi connectivity index (χ0n) is 17.6. The zero-order valence-corrected chi connectivity index (χ0v) is 18.4. The lowest BCUT2D eigenvalue weighted by Crippen LogP contribution is -2.07. The fraction of sp³-hybridized carbons (Fsp3) is 0.296. The van der Waals surface area contributed by atoms with E-state index in [1.807, 2.05) is 36.4 Å². The number of rotatable bonds is 7. The Morgan fingerprint density at radius 2 is 1.65 bits per heavy atom. The number of benzene rings is 3. The third-order valence-electron chi connectivity index (χ3n) is 5.95. The van der Waals surface area contributed by atoms with E-state index in [-0.39, 0.29) is 6.61 Å². The van der Waals surface area contributed by atoms with E-state index in [1.165, 1.54) is 43.2 Å². The molecule has 3 aromatic rings. The first kappa shape index (κ1) is 21.5. The monoisotopic (exact) mass is 433 g/mol. The first-order chi connectivity index (χ1) is 15.2. The van der Waals surface area contributed by atoms with Gasteiger partial charge in [0.1, 0.15) is 6.61 Å². The van der Waals surface area contributed by atoms with Crippen LogP contribution in [0.1, 0.15) is 65.1 Å². The van der Waals surface area contributed by atoms with Crippen LogP contribution in [0, 0.1) is 0 Å². The second-order valence-corrected chi connectivity index (χ2v) is 8.59. The van der Waals surface area contributed by atoms with Gasteiger partial charge in [-0.25, -0.2) is 4.79 Å². The normalized spacial score (nSPS) is 14.2. The molecule has 1 aliphatic carbocycles. The predicted molar refractivity (Wildman–Crippen MR) is 127 cm³/mol. The largest absolute Gasteiger partial charge is 0.457 e. The van der Waals surface area contributed by atoms with E-state index in [1.54, 1.807) is 12.1 Å². The van der Waals surface area contributed by atoms with Crippen molar-refractivity contribution in [1.82, 2.24) is 0 Å². The summed E-state index contributed by atoms with van der Waals surface area (Å²) in [5.74, 6) is 0.308. The van der Waals surface area contributed by atoms with Crippen LogP contribution in [0.3, 0.4) is 0 Å². The van der Waals surface area contributed by atoms with Crippen LogP contribution in [0.25, 0.3) is 0 Å². The number of anilines is 1. The lowest BCUT2D eigenvalue weighted by atomic mass is 9.84. The van der Waals surface area contributed by atoms with Gasteiger partial charge in [0.05, 0.1) is 10.6 Å². The van der Waals surface area contributed by atoms with Crippen LogP contribution in [0.4, 0.5) is 5.69 Å². The molecule has 1 saturated carbocycles. The molecule has 0 radical (unpaired) electrons. The third kappa shape index (κ3) is 5.89. The van der Waals surface area contributed by atoms with E-state index in [4.69, 9.17) is 16.3 Å². The maximum absolute atomic E-state index is 12.4. The van der Waals surface area contributed by atoms with Gasteiger partial charge < -0.3 is 10.1 Å². The Balaban J connectivity index is 1.31. The Kier molecular flexibility index (Phi) is 7.26. The average molecular weight is 434 g/mol. The second kappa shape index (κ2) is 10.5. The van der Waals surface area contributed by atoms with Gasteiger partial charge in [-0.1, -0.05) is 85.5 Å². The highest BCUT2D eigenvalue weighted by molar-refractivity contribution is 6.33. The molecule has 0 aliphatic heterocycles. The minimum atomic E-state index is -0.418. The van der Waals surface area contributed by atoms with Crippen LogP contribution in [0.2, 0.25) is 5.02 Å². The number of hydrogen-bond donors (Lipinski definition) is 1. The quantitative estimate of drug-likeness (QED) is 0.395. The number of halogens is 1. The van der Waals surface area contributed by atoms with Crippen LogP contribution in [0.5, 0.6) is 0 Å². The Morgan fingerprint density at radius 3 is 2.35 bits per heavy atom. The summed E-state index contributed by atoms with van der Waals surface area (Å²) in [6.07, 6.45) is 6.71. The van der Waals surface area contributed by atoms with Gasteiger partial charge in [0.2, 0.25) is 0 Å². The first-order valence-corrected chi connectivity index (χ1v) is 11.4. The smallest absolute Gasteiger partial charge is 0.339 e. The number of carbonyl (C=O) groups excluding carboxylic acids is 1. The molecular weight excluding hydrogens is 406 g/mol. The maximum atomic E-state index is 12.4. The summed E-state index contributed by atoms with van der Waals surface area (Å²) in [7, 11) is 0. The molecule has 0 atom stereocenters. The van der Waals surface area contributed by atoms with Gasteiger partial charge in [0.25, 0.3) is 0 Å². The fourth-order valence-corrected chi connectivity index (χ4v) is 4.40. The summed E-state index contributed by atoms with van der Waals surface area (Å²) in [5, 5.41) is 3.77. The molecular formula is C27H28ClNO2. The molecule has 0 bridgehead atoms. The summed E-state index contributed by atoms with van der Waals surface area (Å²) in [5.41, 5.74) is 4.88. The Bertz CT molecular complexity index is 996. The standard InChI is InChI=1S/C27H28ClNO2/c28-26-17-24(15-16-25(26)27(30)31-19-21-7-3-1-4-8-21)29-18-20-11-13-23(14-12-20)22-9-5-2-6-10-22/h1,3-4,7-8,11-17,22,29H,2,5-6,9-10,18-19H2. The van der Waals surface area contributed by atoms with Gasteiger partial charge in [0.15, 0.2) is 0 Å². The summed E-state index contributed by atoms with van der Waals surface area (Å²) >= 11 is 6.35. The van der Waals surface area contributed by atoms with Crippen LogP contribution in [-0.4, -0.2) is 5.97 Å². The summed E-state index contributed by atoms with van der Waals surface area (Å²) in [4.78, 5) is 12.4. The van der Waals surface area contributed by atoms with Crippen molar-refractivity contribution in [3.8, 4) is 0 Å². The lowest BCUT2D eigenvalue weighted by molar-refractivity contribution is 0.0473. The highest BCUT2D eigenvalue weighted by Crippen LogP contribution is 2.32. The Labute approximate surface area is 189 Å². The molecule has 3 nitrogen and oxygen atoms in total. The van der Waals surface area contributed by atoms with Gasteiger partial charge in [-0.2, -0.15) is 0 Å². The summed E-state index contributed by atoms with van der Waals surface area (Å²) in [6.45, 7) is 0.936. The van der Waals surface area contributed by atoms with Crippen LogP contribution in [0.15, 0.2) is 72.8 Å². The van der Waals surface area contributed by atoms with E-state index < -0.39 is 5.97 Å². The van der Waals surface area contributed by atoms with Crippen molar-refractivity contribution in [2.45, 2.75) is 51.2 Å². The van der Waals surface area contributed by atoms with E-state index in [2.05, 4.69) is 29.6 Å². The molecule has 31 heavy (non-hydrogen) atoms. The number of nitrogens with one attached hydrogen (secondary N) is 1. The van der Waals surface area contributed by atoms with Gasteiger partial charge in [-0.15, -0.1) is 0 Å². The van der Waals surface area contributed by atoms with Crippen molar-refractivity contribution in [1.29, 1.82) is 0 Å². The molecule has 0 spiro atoms. The SMILES string of the molecule is O=C(OCc1ccccc1)c1ccc(NCc2ccc(C3CCCCC3)cc2)cc1Cl. The number of carbonyl (C=O) groups is 1.